The van der Waals surface area contributed by atoms with Gasteiger partial charge in [-0.25, -0.2) is 0 Å². The third kappa shape index (κ3) is 40.4. The maximum Gasteiger partial charge on any atom is 0.317 e. The summed E-state index contributed by atoms with van der Waals surface area (Å²) in [5, 5.41) is 73.8. The topological polar surface area (TPSA) is 283 Å². The lowest BCUT2D eigenvalue weighted by Crippen LogP contribution is -2.43. The van der Waals surface area contributed by atoms with E-state index in [9.17, 15) is 19.2 Å². The van der Waals surface area contributed by atoms with E-state index in [2.05, 4.69) is 0 Å². The summed E-state index contributed by atoms with van der Waals surface area (Å²) in [6.07, 6.45) is -0.954. The molecule has 0 unspecified atom stereocenters. The molecule has 0 saturated heterocycles. The minimum atomic E-state index is -1.23. The Labute approximate surface area is 190 Å². The number of rotatable bonds is 14. The molecule has 0 aromatic carbocycles. The Morgan fingerprint density at radius 1 is 0.697 bits per heavy atom. The largest absolute Gasteiger partial charge is 0.480 e. The van der Waals surface area contributed by atoms with E-state index in [1.165, 1.54) is 0 Å². The zero-order valence-corrected chi connectivity index (χ0v) is 18.5. The molecule has 0 aliphatic carbocycles. The molecule has 198 valence electrons. The lowest BCUT2D eigenvalue weighted by Gasteiger charge is -2.23. The number of nitrogens with zero attached hydrogens (tertiary/aromatic N) is 2. The molecule has 0 amide bonds. The van der Waals surface area contributed by atoms with Crippen LogP contribution in [0.3, 0.4) is 0 Å². The number of carbonyl (C=O) groups is 4. The van der Waals surface area contributed by atoms with Crippen molar-refractivity contribution < 1.29 is 65.1 Å². The van der Waals surface area contributed by atoms with E-state index in [1.807, 2.05) is 0 Å². The molecule has 0 atom stereocenters. The van der Waals surface area contributed by atoms with E-state index in [1.54, 1.807) is 6.92 Å². The molecule has 16 heteroatoms. The molecule has 11 N–H and O–H groups in total. The Morgan fingerprint density at radius 3 is 1.00 bits per heavy atom. The van der Waals surface area contributed by atoms with Gasteiger partial charge < -0.3 is 51.7 Å². The van der Waals surface area contributed by atoms with Crippen molar-refractivity contribution in [1.82, 2.24) is 9.80 Å². The maximum atomic E-state index is 10.6. The van der Waals surface area contributed by atoms with Crippen LogP contribution < -0.4 is 5.73 Å². The molecule has 0 aliphatic heterocycles. The Bertz CT molecular complexity index is 435. The molecule has 0 bridgehead atoms. The van der Waals surface area contributed by atoms with Gasteiger partial charge in [-0.3, -0.25) is 29.0 Å². The first-order valence-electron chi connectivity index (χ1n) is 9.48. The van der Waals surface area contributed by atoms with Gasteiger partial charge in [0.15, 0.2) is 0 Å². The average Bonchev–Trinajstić information content (AvgIpc) is 2.70. The summed E-state index contributed by atoms with van der Waals surface area (Å²) in [5.74, 6) is -4.91. The van der Waals surface area contributed by atoms with Crippen LogP contribution in [-0.2, 0) is 19.2 Å². The SMILES string of the molecule is CCO.NCCO.O=C(O)CN(CCN(CC(=O)O)CC(=O)O)CC(=O)O.OCC(O)CO. The van der Waals surface area contributed by atoms with Crippen molar-refractivity contribution in [2.75, 3.05) is 72.2 Å². The van der Waals surface area contributed by atoms with Crippen LogP contribution in [-0.4, -0.2) is 158 Å². The second kappa shape index (κ2) is 27.6. The highest BCUT2D eigenvalue weighted by Gasteiger charge is 2.17. The highest BCUT2D eigenvalue weighted by Crippen LogP contribution is 1.94. The standard InChI is InChI=1S/C10H16N2O8.C3H8O3.C2H7NO.C2H6O/c13-7(14)3-11(4-8(15)16)1-2-12(5-9(17)18)6-10(19)20;4-1-3(6)2-5;3-1-2-4;1-2-3/h1-6H2,(H,13,14)(H,15,16)(H,17,18)(H,19,20);3-6H,1-2H2;4H,1-3H2;3H,2H2,1H3. The van der Waals surface area contributed by atoms with E-state index in [-0.39, 0.29) is 39.5 Å². The zero-order valence-electron chi connectivity index (χ0n) is 18.5. The van der Waals surface area contributed by atoms with Crippen molar-refractivity contribution >= 4 is 23.9 Å². The van der Waals surface area contributed by atoms with Crippen molar-refractivity contribution in [2.24, 2.45) is 5.73 Å². The molecule has 0 saturated carbocycles. The van der Waals surface area contributed by atoms with Crippen molar-refractivity contribution in [2.45, 2.75) is 13.0 Å². The molecular formula is C17H37N3O13. The molecule has 16 nitrogen and oxygen atoms in total. The lowest BCUT2D eigenvalue weighted by atomic mass is 10.4. The summed E-state index contributed by atoms with van der Waals surface area (Å²) in [6, 6.07) is 0. The van der Waals surface area contributed by atoms with E-state index >= 15 is 0 Å². The van der Waals surface area contributed by atoms with Crippen LogP contribution in [0.1, 0.15) is 6.92 Å². The normalized spacial score (nSPS) is 9.76. The number of aliphatic carboxylic acids is 4. The van der Waals surface area contributed by atoms with Gasteiger partial charge in [-0.05, 0) is 6.92 Å². The van der Waals surface area contributed by atoms with Crippen LogP contribution in [0.25, 0.3) is 0 Å². The predicted molar refractivity (Wildman–Crippen MR) is 113 cm³/mol. The number of carboxylic acids is 4. The fourth-order valence-electron chi connectivity index (χ4n) is 1.53. The number of carboxylic acid groups (broad SMARTS) is 4. The van der Waals surface area contributed by atoms with Gasteiger partial charge in [0.25, 0.3) is 0 Å². The number of nitrogens with two attached hydrogens (primary N) is 1. The summed E-state index contributed by atoms with van der Waals surface area (Å²) < 4.78 is 0. The summed E-state index contributed by atoms with van der Waals surface area (Å²) in [6.45, 7) is -0.577. The molecule has 0 fully saturated rings. The molecule has 33 heavy (non-hydrogen) atoms. The first-order chi connectivity index (χ1) is 15.3. The van der Waals surface area contributed by atoms with Crippen LogP contribution in [0.15, 0.2) is 0 Å². The van der Waals surface area contributed by atoms with Crippen LogP contribution in [0.5, 0.6) is 0 Å². The molecule has 0 aromatic heterocycles. The van der Waals surface area contributed by atoms with Crippen molar-refractivity contribution in [3.8, 4) is 0 Å². The summed E-state index contributed by atoms with van der Waals surface area (Å²) >= 11 is 0. The van der Waals surface area contributed by atoms with Gasteiger partial charge in [0.2, 0.25) is 0 Å². The smallest absolute Gasteiger partial charge is 0.317 e. The maximum absolute atomic E-state index is 10.6. The monoisotopic (exact) mass is 491 g/mol. The van der Waals surface area contributed by atoms with Gasteiger partial charge in [0, 0.05) is 26.2 Å². The van der Waals surface area contributed by atoms with E-state index in [0.29, 0.717) is 6.54 Å². The van der Waals surface area contributed by atoms with E-state index in [4.69, 9.17) is 51.7 Å². The van der Waals surface area contributed by atoms with Crippen LogP contribution in [0, 0.1) is 0 Å². The van der Waals surface area contributed by atoms with Crippen molar-refractivity contribution in [3.63, 3.8) is 0 Å². The second-order valence-corrected chi connectivity index (χ2v) is 5.84. The molecule has 0 heterocycles. The van der Waals surface area contributed by atoms with E-state index < -0.39 is 56.2 Å². The van der Waals surface area contributed by atoms with Crippen molar-refractivity contribution in [3.05, 3.63) is 0 Å². The third-order valence-electron chi connectivity index (χ3n) is 2.72. The molecule has 0 rings (SSSR count). The number of aliphatic hydroxyl groups is 5. The van der Waals surface area contributed by atoms with Gasteiger partial charge >= 0.3 is 23.9 Å². The van der Waals surface area contributed by atoms with Gasteiger partial charge in [0.05, 0.1) is 46.0 Å². The van der Waals surface area contributed by atoms with Gasteiger partial charge in [-0.15, -0.1) is 0 Å². The fraction of sp³-hybridized carbons (Fsp3) is 0.765. The summed E-state index contributed by atoms with van der Waals surface area (Å²) in [7, 11) is 0. The molecule has 0 radical (unpaired) electrons. The molecule has 0 spiro atoms. The first kappa shape index (κ1) is 37.9. The van der Waals surface area contributed by atoms with Gasteiger partial charge in [-0.1, -0.05) is 0 Å². The number of hydrogen-bond donors (Lipinski definition) is 10. The van der Waals surface area contributed by atoms with Crippen LogP contribution >= 0.6 is 0 Å². The summed E-state index contributed by atoms with van der Waals surface area (Å²) in [5.41, 5.74) is 4.78. The average molecular weight is 491 g/mol. The highest BCUT2D eigenvalue weighted by molar-refractivity contribution is 5.73. The Balaban J connectivity index is -0.000000263. The molecule has 0 aliphatic rings. The Hall–Kier alpha value is -2.44. The Morgan fingerprint density at radius 2 is 0.909 bits per heavy atom. The fourth-order valence-corrected chi connectivity index (χ4v) is 1.53. The van der Waals surface area contributed by atoms with Gasteiger partial charge in [0.1, 0.15) is 6.10 Å². The van der Waals surface area contributed by atoms with E-state index in [0.717, 1.165) is 9.80 Å². The van der Waals surface area contributed by atoms with Crippen LogP contribution in [0.4, 0.5) is 0 Å². The highest BCUT2D eigenvalue weighted by atomic mass is 16.4. The minimum Gasteiger partial charge on any atom is -0.480 e. The number of hydrogen-bond acceptors (Lipinski definition) is 12. The quantitative estimate of drug-likeness (QED) is 0.109. The zero-order chi connectivity index (χ0) is 26.8. The Kier molecular flexibility index (Phi) is 31.7. The predicted octanol–water partition coefficient (Wildman–Crippen LogP) is -4.80. The minimum absolute atomic E-state index is 0.0703. The first-order valence-corrected chi connectivity index (χ1v) is 9.48. The second-order valence-electron chi connectivity index (χ2n) is 5.84. The summed E-state index contributed by atoms with van der Waals surface area (Å²) in [4.78, 5) is 44.4. The third-order valence-corrected chi connectivity index (χ3v) is 2.72. The lowest BCUT2D eigenvalue weighted by molar-refractivity contribution is -0.145. The van der Waals surface area contributed by atoms with Gasteiger partial charge in [-0.2, -0.15) is 0 Å². The van der Waals surface area contributed by atoms with Crippen molar-refractivity contribution in [1.29, 1.82) is 0 Å². The number of aliphatic hydroxyl groups excluding tert-OH is 5. The molecule has 0 aromatic rings. The van der Waals surface area contributed by atoms with Crippen LogP contribution in [0.2, 0.25) is 0 Å². The molecular weight excluding hydrogens is 454 g/mol.